The van der Waals surface area contributed by atoms with Crippen molar-refractivity contribution in [1.29, 1.82) is 0 Å². The number of hydrogen-bond donors (Lipinski definition) is 1. The number of carboxylic acid groups (broad SMARTS) is 1. The Morgan fingerprint density at radius 3 is 2.62 bits per heavy atom. The first-order valence-electron chi connectivity index (χ1n) is 8.93. The number of carbonyl (C=O) groups is 1. The maximum atomic E-state index is 12.1. The van der Waals surface area contributed by atoms with Crippen LogP contribution in [0.15, 0.2) is 18.6 Å². The average Bonchev–Trinajstić information content (AvgIpc) is 2.93. The minimum absolute atomic E-state index is 0.129. The lowest BCUT2D eigenvalue weighted by atomic mass is 9.80. The van der Waals surface area contributed by atoms with Crippen molar-refractivity contribution in [3.63, 3.8) is 0 Å². The molecule has 26 heavy (non-hydrogen) atoms. The van der Waals surface area contributed by atoms with Gasteiger partial charge in [-0.05, 0) is 49.7 Å². The van der Waals surface area contributed by atoms with Crippen molar-refractivity contribution in [2.45, 2.75) is 39.5 Å². The summed E-state index contributed by atoms with van der Waals surface area (Å²) in [6, 6.07) is 0. The van der Waals surface area contributed by atoms with Crippen molar-refractivity contribution < 1.29 is 18.3 Å². The van der Waals surface area contributed by atoms with Crippen LogP contribution in [0, 0.1) is 12.8 Å². The van der Waals surface area contributed by atoms with Crippen LogP contribution in [0.4, 0.5) is 0 Å². The van der Waals surface area contributed by atoms with E-state index in [1.54, 1.807) is 34.2 Å². The Bertz CT molecular complexity index is 927. The number of fused-ring (bicyclic) bond motifs is 1. The smallest absolute Gasteiger partial charge is 0.353 e. The zero-order valence-electron chi connectivity index (χ0n) is 15.3. The number of piperidine rings is 1. The van der Waals surface area contributed by atoms with Crippen molar-refractivity contribution in [2.75, 3.05) is 18.8 Å². The highest BCUT2D eigenvalue weighted by molar-refractivity contribution is 7.89. The monoisotopic (exact) mass is 379 g/mol. The van der Waals surface area contributed by atoms with Gasteiger partial charge in [0.05, 0.1) is 17.5 Å². The SMILES string of the molecule is CCS(=O)(=O)N1CCC(C(C)c2c(C)c(C(=O)O)n3ccncc23)CC1. The molecule has 1 aliphatic heterocycles. The number of nitrogens with zero attached hydrogens (tertiary/aromatic N) is 3. The normalized spacial score (nSPS) is 18.3. The number of aromatic nitrogens is 2. The Kier molecular flexibility index (Phi) is 5.07. The second-order valence-corrected chi connectivity index (χ2v) is 9.21. The highest BCUT2D eigenvalue weighted by Crippen LogP contribution is 2.38. The summed E-state index contributed by atoms with van der Waals surface area (Å²) in [7, 11) is -3.14. The van der Waals surface area contributed by atoms with Crippen LogP contribution in [-0.4, -0.2) is 52.0 Å². The zero-order valence-corrected chi connectivity index (χ0v) is 16.2. The molecule has 142 valence electrons. The number of sulfonamides is 1. The lowest BCUT2D eigenvalue weighted by Gasteiger charge is -2.34. The molecule has 0 amide bonds. The molecule has 2 aromatic heterocycles. The minimum Gasteiger partial charge on any atom is -0.477 e. The second kappa shape index (κ2) is 7.00. The largest absolute Gasteiger partial charge is 0.477 e. The fourth-order valence-electron chi connectivity index (χ4n) is 4.17. The third kappa shape index (κ3) is 3.12. The Hall–Kier alpha value is -1.93. The Morgan fingerprint density at radius 2 is 2.04 bits per heavy atom. The standard InChI is InChI=1S/C18H25N3O4S/c1-4-26(24,25)20-8-5-14(6-9-20)12(2)16-13(3)17(18(22)23)21-10-7-19-11-15(16)21/h7,10-12,14H,4-6,8-9H2,1-3H3,(H,22,23). The highest BCUT2D eigenvalue weighted by atomic mass is 32.2. The fourth-order valence-corrected chi connectivity index (χ4v) is 5.30. The van der Waals surface area contributed by atoms with Gasteiger partial charge in [0.2, 0.25) is 10.0 Å². The summed E-state index contributed by atoms with van der Waals surface area (Å²) >= 11 is 0. The molecule has 1 fully saturated rings. The molecule has 0 radical (unpaired) electrons. The summed E-state index contributed by atoms with van der Waals surface area (Å²) in [5.41, 5.74) is 2.86. The van der Waals surface area contributed by atoms with Crippen LogP contribution < -0.4 is 0 Å². The van der Waals surface area contributed by atoms with Crippen molar-refractivity contribution in [3.8, 4) is 0 Å². The molecule has 1 saturated heterocycles. The van der Waals surface area contributed by atoms with E-state index >= 15 is 0 Å². The Balaban J connectivity index is 1.91. The van der Waals surface area contributed by atoms with Gasteiger partial charge in [0.25, 0.3) is 0 Å². The Morgan fingerprint density at radius 1 is 1.38 bits per heavy atom. The van der Waals surface area contributed by atoms with Crippen LogP contribution in [0.3, 0.4) is 0 Å². The topological polar surface area (TPSA) is 92.0 Å². The summed E-state index contributed by atoms with van der Waals surface area (Å²) in [4.78, 5) is 15.9. The van der Waals surface area contributed by atoms with Gasteiger partial charge in [0.1, 0.15) is 5.69 Å². The van der Waals surface area contributed by atoms with Crippen LogP contribution >= 0.6 is 0 Å². The van der Waals surface area contributed by atoms with Crippen molar-refractivity contribution in [1.82, 2.24) is 13.7 Å². The third-order valence-corrected chi connectivity index (χ3v) is 7.54. The summed E-state index contributed by atoms with van der Waals surface area (Å²) in [5, 5.41) is 9.61. The van der Waals surface area contributed by atoms with Crippen LogP contribution in [0.25, 0.3) is 5.52 Å². The molecule has 7 nitrogen and oxygen atoms in total. The molecular weight excluding hydrogens is 354 g/mol. The van der Waals surface area contributed by atoms with E-state index in [1.807, 2.05) is 6.92 Å². The molecule has 3 rings (SSSR count). The van der Waals surface area contributed by atoms with Crippen LogP contribution in [0.1, 0.15) is 54.2 Å². The molecule has 2 aromatic rings. The highest BCUT2D eigenvalue weighted by Gasteiger charge is 2.32. The van der Waals surface area contributed by atoms with E-state index in [4.69, 9.17) is 0 Å². The molecule has 0 aliphatic carbocycles. The van der Waals surface area contributed by atoms with Gasteiger partial charge in [0.15, 0.2) is 0 Å². The molecule has 1 aliphatic rings. The van der Waals surface area contributed by atoms with E-state index in [0.717, 1.165) is 29.5 Å². The fraction of sp³-hybridized carbons (Fsp3) is 0.556. The summed E-state index contributed by atoms with van der Waals surface area (Å²) in [6.07, 6.45) is 6.53. The first-order chi connectivity index (χ1) is 12.3. The predicted molar refractivity (Wildman–Crippen MR) is 99.1 cm³/mol. The van der Waals surface area contributed by atoms with E-state index < -0.39 is 16.0 Å². The first-order valence-corrected chi connectivity index (χ1v) is 10.5. The van der Waals surface area contributed by atoms with E-state index in [0.29, 0.717) is 19.0 Å². The van der Waals surface area contributed by atoms with E-state index in [9.17, 15) is 18.3 Å². The van der Waals surface area contributed by atoms with Gasteiger partial charge in [0, 0.05) is 25.5 Å². The minimum atomic E-state index is -3.14. The molecule has 3 heterocycles. The Labute approximate surface area is 153 Å². The van der Waals surface area contributed by atoms with E-state index in [2.05, 4.69) is 11.9 Å². The van der Waals surface area contributed by atoms with Crippen LogP contribution in [0.5, 0.6) is 0 Å². The molecule has 1 atom stereocenters. The molecular formula is C18H25N3O4S. The number of carboxylic acids is 1. The molecule has 0 saturated carbocycles. The number of aromatic carboxylic acids is 1. The van der Waals surface area contributed by atoms with Gasteiger partial charge in [-0.25, -0.2) is 17.5 Å². The number of rotatable bonds is 5. The van der Waals surface area contributed by atoms with Gasteiger partial charge in [-0.15, -0.1) is 0 Å². The summed E-state index contributed by atoms with van der Waals surface area (Å²) in [6.45, 7) is 6.68. The maximum absolute atomic E-state index is 12.1. The van der Waals surface area contributed by atoms with Crippen molar-refractivity contribution >= 4 is 21.5 Å². The van der Waals surface area contributed by atoms with Gasteiger partial charge < -0.3 is 9.51 Å². The number of hydrogen-bond acceptors (Lipinski definition) is 4. The molecule has 1 N–H and O–H groups in total. The lowest BCUT2D eigenvalue weighted by molar-refractivity contribution is 0.0688. The summed E-state index contributed by atoms with van der Waals surface area (Å²) < 4.78 is 27.4. The average molecular weight is 379 g/mol. The van der Waals surface area contributed by atoms with E-state index in [-0.39, 0.29) is 17.4 Å². The van der Waals surface area contributed by atoms with Gasteiger partial charge in [-0.3, -0.25) is 4.98 Å². The third-order valence-electron chi connectivity index (χ3n) is 5.66. The van der Waals surface area contributed by atoms with Crippen LogP contribution in [-0.2, 0) is 10.0 Å². The van der Waals surface area contributed by atoms with Crippen molar-refractivity contribution in [2.24, 2.45) is 5.92 Å². The van der Waals surface area contributed by atoms with Gasteiger partial charge >= 0.3 is 5.97 Å². The van der Waals surface area contributed by atoms with Crippen molar-refractivity contribution in [3.05, 3.63) is 35.4 Å². The molecule has 1 unspecified atom stereocenters. The van der Waals surface area contributed by atoms with E-state index in [1.165, 1.54) is 0 Å². The molecule has 0 bridgehead atoms. The van der Waals surface area contributed by atoms with Gasteiger partial charge in [-0.1, -0.05) is 6.92 Å². The second-order valence-electron chi connectivity index (χ2n) is 6.95. The quantitative estimate of drug-likeness (QED) is 0.862. The molecule has 8 heteroatoms. The van der Waals surface area contributed by atoms with Crippen LogP contribution in [0.2, 0.25) is 0 Å². The maximum Gasteiger partial charge on any atom is 0.353 e. The molecule has 0 aromatic carbocycles. The zero-order chi connectivity index (χ0) is 19.1. The molecule has 0 spiro atoms. The lowest BCUT2D eigenvalue weighted by Crippen LogP contribution is -2.40. The van der Waals surface area contributed by atoms with Gasteiger partial charge in [-0.2, -0.15) is 0 Å². The first kappa shape index (κ1) is 18.8. The predicted octanol–water partition coefficient (Wildman–Crippen LogP) is 2.51. The summed E-state index contributed by atoms with van der Waals surface area (Å²) in [5.74, 6) is -0.380.